The van der Waals surface area contributed by atoms with E-state index in [1.54, 1.807) is 12.1 Å². The van der Waals surface area contributed by atoms with Gasteiger partial charge in [0.2, 0.25) is 5.95 Å². The fraction of sp³-hybridized carbons (Fsp3) is 0.125. The molecule has 0 unspecified atom stereocenters. The van der Waals surface area contributed by atoms with Crippen LogP contribution in [0.5, 0.6) is 0 Å². The van der Waals surface area contributed by atoms with E-state index < -0.39 is 5.95 Å². The number of imidazole rings is 1. The first-order chi connectivity index (χ1) is 5.81. The quantitative estimate of drug-likeness (QED) is 0.685. The van der Waals surface area contributed by atoms with Crippen LogP contribution < -0.4 is 0 Å². The minimum Gasteiger partial charge on any atom is -0.392 e. The molecule has 2 heterocycles. The molecule has 0 aliphatic heterocycles. The van der Waals surface area contributed by atoms with Gasteiger partial charge < -0.3 is 5.11 Å². The monoisotopic (exact) mass is 166 g/mol. The number of hydrogen-bond acceptors (Lipinski definition) is 2. The van der Waals surface area contributed by atoms with Gasteiger partial charge in [-0.2, -0.15) is 4.39 Å². The molecule has 0 spiro atoms. The zero-order valence-corrected chi connectivity index (χ0v) is 6.24. The van der Waals surface area contributed by atoms with Crippen LogP contribution in [0.1, 0.15) is 5.56 Å². The molecule has 3 nitrogen and oxygen atoms in total. The Balaban J connectivity index is 2.71. The molecule has 2 aromatic heterocycles. The number of aliphatic hydroxyl groups is 1. The Morgan fingerprint density at radius 2 is 2.33 bits per heavy atom. The molecule has 0 aliphatic rings. The van der Waals surface area contributed by atoms with Crippen molar-refractivity contribution in [2.75, 3.05) is 0 Å². The first-order valence-corrected chi connectivity index (χ1v) is 3.53. The van der Waals surface area contributed by atoms with E-state index in [0.717, 1.165) is 6.20 Å². The van der Waals surface area contributed by atoms with Crippen LogP contribution in [0.3, 0.4) is 0 Å². The van der Waals surface area contributed by atoms with Gasteiger partial charge >= 0.3 is 0 Å². The number of fused-ring (bicyclic) bond motifs is 1. The van der Waals surface area contributed by atoms with E-state index in [9.17, 15) is 4.39 Å². The molecule has 0 amide bonds. The molecule has 0 aromatic carbocycles. The van der Waals surface area contributed by atoms with Gasteiger partial charge in [-0.15, -0.1) is 0 Å². The van der Waals surface area contributed by atoms with E-state index in [1.807, 2.05) is 0 Å². The Morgan fingerprint density at radius 3 is 3.08 bits per heavy atom. The smallest absolute Gasteiger partial charge is 0.217 e. The molecule has 0 fully saturated rings. The van der Waals surface area contributed by atoms with Crippen molar-refractivity contribution in [2.45, 2.75) is 6.61 Å². The van der Waals surface area contributed by atoms with Crippen molar-refractivity contribution in [3.63, 3.8) is 0 Å². The van der Waals surface area contributed by atoms with Crippen LogP contribution >= 0.6 is 0 Å². The lowest BCUT2D eigenvalue weighted by Gasteiger charge is -1.97. The van der Waals surface area contributed by atoms with Crippen LogP contribution in [-0.2, 0) is 6.61 Å². The maximum absolute atomic E-state index is 12.9. The fourth-order valence-corrected chi connectivity index (χ4v) is 1.09. The summed E-state index contributed by atoms with van der Waals surface area (Å²) in [7, 11) is 0. The highest BCUT2D eigenvalue weighted by molar-refractivity contribution is 5.39. The van der Waals surface area contributed by atoms with Gasteiger partial charge in [0.1, 0.15) is 5.65 Å². The minimum absolute atomic E-state index is 0.0897. The molecule has 12 heavy (non-hydrogen) atoms. The topological polar surface area (TPSA) is 37.5 Å². The van der Waals surface area contributed by atoms with E-state index in [-0.39, 0.29) is 6.61 Å². The van der Waals surface area contributed by atoms with Gasteiger partial charge in [0.25, 0.3) is 0 Å². The molecule has 0 saturated carbocycles. The van der Waals surface area contributed by atoms with Crippen molar-refractivity contribution in [1.29, 1.82) is 0 Å². The SMILES string of the molecule is OCc1ccc2ncc(F)n2c1. The number of rotatable bonds is 1. The van der Waals surface area contributed by atoms with Gasteiger partial charge in [0, 0.05) is 6.20 Å². The van der Waals surface area contributed by atoms with Gasteiger partial charge in [-0.3, -0.25) is 4.40 Å². The number of halogens is 1. The molecule has 62 valence electrons. The highest BCUT2D eigenvalue weighted by Crippen LogP contribution is 2.07. The number of nitrogens with zero attached hydrogens (tertiary/aromatic N) is 2. The van der Waals surface area contributed by atoms with E-state index in [1.165, 1.54) is 10.6 Å². The van der Waals surface area contributed by atoms with Crippen molar-refractivity contribution >= 4 is 5.65 Å². The Morgan fingerprint density at radius 1 is 1.50 bits per heavy atom. The van der Waals surface area contributed by atoms with E-state index in [0.29, 0.717) is 11.2 Å². The summed E-state index contributed by atoms with van der Waals surface area (Å²) in [6, 6.07) is 3.37. The number of hydrogen-bond donors (Lipinski definition) is 1. The third-order valence-corrected chi connectivity index (χ3v) is 1.70. The first-order valence-electron chi connectivity index (χ1n) is 3.53. The molecular weight excluding hydrogens is 159 g/mol. The molecule has 0 bridgehead atoms. The van der Waals surface area contributed by atoms with Crippen molar-refractivity contribution in [1.82, 2.24) is 9.38 Å². The summed E-state index contributed by atoms with van der Waals surface area (Å²) >= 11 is 0. The van der Waals surface area contributed by atoms with Gasteiger partial charge in [0.15, 0.2) is 0 Å². The maximum Gasteiger partial charge on any atom is 0.217 e. The van der Waals surface area contributed by atoms with Crippen LogP contribution in [0, 0.1) is 5.95 Å². The molecule has 0 atom stereocenters. The molecule has 4 heteroatoms. The van der Waals surface area contributed by atoms with E-state index >= 15 is 0 Å². The molecule has 2 rings (SSSR count). The van der Waals surface area contributed by atoms with Gasteiger partial charge in [0.05, 0.1) is 12.8 Å². The summed E-state index contributed by atoms with van der Waals surface area (Å²) < 4.78 is 14.2. The summed E-state index contributed by atoms with van der Waals surface area (Å²) in [5.41, 5.74) is 1.21. The van der Waals surface area contributed by atoms with E-state index in [4.69, 9.17) is 5.11 Å². The van der Waals surface area contributed by atoms with Crippen LogP contribution in [-0.4, -0.2) is 14.5 Å². The normalized spacial score (nSPS) is 10.8. The lowest BCUT2D eigenvalue weighted by atomic mass is 10.3. The molecule has 1 N–H and O–H groups in total. The zero-order chi connectivity index (χ0) is 8.55. The van der Waals surface area contributed by atoms with Gasteiger partial charge in [-0.1, -0.05) is 6.07 Å². The largest absolute Gasteiger partial charge is 0.392 e. The summed E-state index contributed by atoms with van der Waals surface area (Å²) in [4.78, 5) is 3.80. The van der Waals surface area contributed by atoms with Crippen LogP contribution in [0.25, 0.3) is 5.65 Å². The number of aromatic nitrogens is 2. The standard InChI is InChI=1S/C8H7FN2O/c9-7-3-10-8-2-1-6(5-12)4-11(7)8/h1-4,12H,5H2. The maximum atomic E-state index is 12.9. The minimum atomic E-state index is -0.416. The molecule has 0 radical (unpaired) electrons. The van der Waals surface area contributed by atoms with Crippen molar-refractivity contribution in [3.8, 4) is 0 Å². The third kappa shape index (κ3) is 0.967. The second-order valence-electron chi connectivity index (χ2n) is 2.50. The predicted octanol–water partition coefficient (Wildman–Crippen LogP) is 0.966. The average Bonchev–Trinajstić information content (AvgIpc) is 2.47. The van der Waals surface area contributed by atoms with Crippen LogP contribution in [0.15, 0.2) is 24.5 Å². The summed E-state index contributed by atoms with van der Waals surface area (Å²) in [6.45, 7) is -0.0897. The molecule has 0 aliphatic carbocycles. The molecule has 0 saturated heterocycles. The Kier molecular flexibility index (Phi) is 1.55. The van der Waals surface area contributed by atoms with Gasteiger partial charge in [-0.05, 0) is 11.6 Å². The molecule has 2 aromatic rings. The van der Waals surface area contributed by atoms with Crippen LogP contribution in [0.2, 0.25) is 0 Å². The Hall–Kier alpha value is -1.42. The fourth-order valence-electron chi connectivity index (χ4n) is 1.09. The number of pyridine rings is 1. The van der Waals surface area contributed by atoms with Crippen molar-refractivity contribution < 1.29 is 9.50 Å². The summed E-state index contributed by atoms with van der Waals surface area (Å²) in [5.74, 6) is -0.416. The van der Waals surface area contributed by atoms with E-state index in [2.05, 4.69) is 4.98 Å². The number of aliphatic hydroxyl groups excluding tert-OH is 1. The predicted molar refractivity (Wildman–Crippen MR) is 41.1 cm³/mol. The molecular formula is C8H7FN2O. The Labute approximate surface area is 68.1 Å². The summed E-state index contributed by atoms with van der Waals surface area (Å²) in [5, 5.41) is 8.77. The summed E-state index contributed by atoms with van der Waals surface area (Å²) in [6.07, 6.45) is 2.67. The highest BCUT2D eigenvalue weighted by atomic mass is 19.1. The third-order valence-electron chi connectivity index (χ3n) is 1.70. The van der Waals surface area contributed by atoms with Crippen molar-refractivity contribution in [3.05, 3.63) is 36.0 Å². The Bertz CT molecular complexity index is 410. The lowest BCUT2D eigenvalue weighted by molar-refractivity contribution is 0.281. The van der Waals surface area contributed by atoms with Gasteiger partial charge in [-0.25, -0.2) is 4.98 Å². The van der Waals surface area contributed by atoms with Crippen LogP contribution in [0.4, 0.5) is 4.39 Å². The second-order valence-corrected chi connectivity index (χ2v) is 2.50. The lowest BCUT2D eigenvalue weighted by Crippen LogP contribution is -1.91. The average molecular weight is 166 g/mol. The van der Waals surface area contributed by atoms with Crippen molar-refractivity contribution in [2.24, 2.45) is 0 Å². The highest BCUT2D eigenvalue weighted by Gasteiger charge is 2.01. The zero-order valence-electron chi connectivity index (χ0n) is 6.24. The second kappa shape index (κ2) is 2.57. The first kappa shape index (κ1) is 7.24.